The Kier molecular flexibility index (Phi) is 4.83. The Morgan fingerprint density at radius 2 is 1.86 bits per heavy atom. The number of benzene rings is 1. The zero-order valence-electron chi connectivity index (χ0n) is 12.5. The predicted molar refractivity (Wildman–Crippen MR) is 81.5 cm³/mol. The number of anilines is 1. The lowest BCUT2D eigenvalue weighted by atomic mass is 9.97. The first-order valence-electron chi connectivity index (χ1n) is 7.36. The Morgan fingerprint density at radius 3 is 2.43 bits per heavy atom. The number of rotatable bonds is 3. The molecule has 0 atom stereocenters. The van der Waals surface area contributed by atoms with E-state index >= 15 is 0 Å². The van der Waals surface area contributed by atoms with Gasteiger partial charge in [-0.05, 0) is 30.4 Å². The number of urea groups is 1. The van der Waals surface area contributed by atoms with E-state index in [2.05, 4.69) is 19.2 Å². The van der Waals surface area contributed by atoms with Crippen molar-refractivity contribution in [2.45, 2.75) is 32.6 Å². The number of piperidine rings is 1. The molecule has 1 fully saturated rings. The van der Waals surface area contributed by atoms with Crippen molar-refractivity contribution in [2.75, 3.05) is 18.4 Å². The van der Waals surface area contributed by atoms with E-state index in [1.807, 2.05) is 24.3 Å². The van der Waals surface area contributed by atoms with Crippen LogP contribution in [0.4, 0.5) is 10.5 Å². The average molecular weight is 290 g/mol. The van der Waals surface area contributed by atoms with E-state index in [1.165, 1.54) is 0 Å². The second kappa shape index (κ2) is 6.61. The van der Waals surface area contributed by atoms with Gasteiger partial charge >= 0.3 is 12.0 Å². The quantitative estimate of drug-likeness (QED) is 0.898. The molecule has 0 saturated carbocycles. The number of carboxylic acid groups (broad SMARTS) is 1. The van der Waals surface area contributed by atoms with E-state index in [4.69, 9.17) is 5.11 Å². The molecule has 0 aliphatic carbocycles. The molecule has 1 saturated heterocycles. The summed E-state index contributed by atoms with van der Waals surface area (Å²) in [5.74, 6) is -0.753. The Balaban J connectivity index is 1.98. The molecule has 0 spiro atoms. The Labute approximate surface area is 125 Å². The smallest absolute Gasteiger partial charge is 0.321 e. The lowest BCUT2D eigenvalue weighted by Crippen LogP contribution is -2.42. The molecule has 2 rings (SSSR count). The summed E-state index contributed by atoms with van der Waals surface area (Å²) >= 11 is 0. The van der Waals surface area contributed by atoms with Gasteiger partial charge < -0.3 is 15.3 Å². The number of carbonyl (C=O) groups excluding carboxylic acids is 1. The van der Waals surface area contributed by atoms with Crippen LogP contribution in [-0.4, -0.2) is 35.1 Å². The van der Waals surface area contributed by atoms with E-state index in [0.717, 1.165) is 11.3 Å². The summed E-state index contributed by atoms with van der Waals surface area (Å²) in [6.07, 6.45) is 1.04. The molecule has 1 heterocycles. The molecular weight excluding hydrogens is 268 g/mol. The van der Waals surface area contributed by atoms with E-state index in [-0.39, 0.29) is 11.9 Å². The topological polar surface area (TPSA) is 69.6 Å². The number of carbonyl (C=O) groups is 2. The number of likely N-dealkylation sites (tertiary alicyclic amines) is 1. The van der Waals surface area contributed by atoms with Gasteiger partial charge in [0.25, 0.3) is 0 Å². The summed E-state index contributed by atoms with van der Waals surface area (Å²) < 4.78 is 0. The van der Waals surface area contributed by atoms with Gasteiger partial charge in [-0.15, -0.1) is 0 Å². The van der Waals surface area contributed by atoms with Gasteiger partial charge in [-0.2, -0.15) is 0 Å². The standard InChI is InChI=1S/C16H22N2O3/c1-11(2)13-5-3-4-6-14(13)17-16(21)18-9-7-12(8-10-18)15(19)20/h3-6,11-12H,7-10H2,1-2H3,(H,17,21)(H,19,20). The molecular formula is C16H22N2O3. The van der Waals surface area contributed by atoms with Crippen LogP contribution in [0.3, 0.4) is 0 Å². The summed E-state index contributed by atoms with van der Waals surface area (Å²) in [5.41, 5.74) is 1.93. The van der Waals surface area contributed by atoms with Crippen molar-refractivity contribution >= 4 is 17.7 Å². The van der Waals surface area contributed by atoms with Crippen LogP contribution in [0, 0.1) is 5.92 Å². The highest BCUT2D eigenvalue weighted by Crippen LogP contribution is 2.25. The monoisotopic (exact) mass is 290 g/mol. The number of amides is 2. The van der Waals surface area contributed by atoms with Gasteiger partial charge in [-0.1, -0.05) is 32.0 Å². The van der Waals surface area contributed by atoms with Crippen LogP contribution in [0.2, 0.25) is 0 Å². The molecule has 114 valence electrons. The molecule has 2 amide bonds. The van der Waals surface area contributed by atoms with E-state index in [1.54, 1.807) is 4.90 Å². The molecule has 1 aliphatic rings. The van der Waals surface area contributed by atoms with Crippen LogP contribution < -0.4 is 5.32 Å². The first kappa shape index (κ1) is 15.4. The van der Waals surface area contributed by atoms with Crippen LogP contribution in [0.25, 0.3) is 0 Å². The molecule has 1 aromatic rings. The van der Waals surface area contributed by atoms with Crippen molar-refractivity contribution in [3.63, 3.8) is 0 Å². The van der Waals surface area contributed by atoms with Crippen molar-refractivity contribution in [1.82, 2.24) is 4.90 Å². The van der Waals surface area contributed by atoms with Gasteiger partial charge in [0.2, 0.25) is 0 Å². The predicted octanol–water partition coefficient (Wildman–Crippen LogP) is 3.14. The second-order valence-electron chi connectivity index (χ2n) is 5.77. The van der Waals surface area contributed by atoms with Gasteiger partial charge in [0, 0.05) is 18.8 Å². The molecule has 1 aromatic carbocycles. The largest absolute Gasteiger partial charge is 0.481 e. The van der Waals surface area contributed by atoms with E-state index in [9.17, 15) is 9.59 Å². The summed E-state index contributed by atoms with van der Waals surface area (Å²) in [4.78, 5) is 24.9. The van der Waals surface area contributed by atoms with Gasteiger partial charge in [0.15, 0.2) is 0 Å². The lowest BCUT2D eigenvalue weighted by molar-refractivity contribution is -0.143. The van der Waals surface area contributed by atoms with Crippen LogP contribution >= 0.6 is 0 Å². The molecule has 0 unspecified atom stereocenters. The fourth-order valence-corrected chi connectivity index (χ4v) is 2.64. The number of hydrogen-bond donors (Lipinski definition) is 2. The summed E-state index contributed by atoms with van der Waals surface area (Å²) in [7, 11) is 0. The minimum absolute atomic E-state index is 0.146. The highest BCUT2D eigenvalue weighted by Gasteiger charge is 2.27. The Morgan fingerprint density at radius 1 is 1.24 bits per heavy atom. The SMILES string of the molecule is CC(C)c1ccccc1NC(=O)N1CCC(C(=O)O)CC1. The van der Waals surface area contributed by atoms with E-state index < -0.39 is 5.97 Å². The maximum Gasteiger partial charge on any atom is 0.321 e. The molecule has 21 heavy (non-hydrogen) atoms. The first-order chi connectivity index (χ1) is 9.99. The van der Waals surface area contributed by atoms with Crippen molar-refractivity contribution in [3.05, 3.63) is 29.8 Å². The zero-order chi connectivity index (χ0) is 15.4. The summed E-state index contributed by atoms with van der Waals surface area (Å²) in [6.45, 7) is 5.16. The number of para-hydroxylation sites is 1. The third kappa shape index (κ3) is 3.74. The van der Waals surface area contributed by atoms with Crippen LogP contribution in [0.1, 0.15) is 38.2 Å². The van der Waals surface area contributed by atoms with Crippen LogP contribution in [0.15, 0.2) is 24.3 Å². The molecule has 1 aliphatic heterocycles. The number of aliphatic carboxylic acids is 1. The normalized spacial score (nSPS) is 16.0. The van der Waals surface area contributed by atoms with Crippen molar-refractivity contribution in [1.29, 1.82) is 0 Å². The van der Waals surface area contributed by atoms with Crippen LogP contribution in [0.5, 0.6) is 0 Å². The Bertz CT molecular complexity index is 520. The van der Waals surface area contributed by atoms with Crippen molar-refractivity contribution in [3.8, 4) is 0 Å². The number of nitrogens with zero attached hydrogens (tertiary/aromatic N) is 1. The van der Waals surface area contributed by atoms with Gasteiger partial charge in [-0.25, -0.2) is 4.79 Å². The first-order valence-corrected chi connectivity index (χ1v) is 7.36. The highest BCUT2D eigenvalue weighted by molar-refractivity contribution is 5.90. The van der Waals surface area contributed by atoms with Gasteiger partial charge in [0.05, 0.1) is 5.92 Å². The maximum absolute atomic E-state index is 12.3. The fourth-order valence-electron chi connectivity index (χ4n) is 2.64. The number of carboxylic acids is 1. The molecule has 5 nitrogen and oxygen atoms in total. The summed E-state index contributed by atoms with van der Waals surface area (Å²) in [5, 5.41) is 11.9. The third-order valence-electron chi connectivity index (χ3n) is 3.96. The lowest BCUT2D eigenvalue weighted by Gasteiger charge is -2.30. The third-order valence-corrected chi connectivity index (χ3v) is 3.96. The average Bonchev–Trinajstić information content (AvgIpc) is 2.47. The molecule has 2 N–H and O–H groups in total. The molecule has 0 bridgehead atoms. The molecule has 0 aromatic heterocycles. The van der Waals surface area contributed by atoms with Gasteiger partial charge in [0.1, 0.15) is 0 Å². The molecule has 0 radical (unpaired) electrons. The minimum atomic E-state index is -0.764. The van der Waals surface area contributed by atoms with Crippen molar-refractivity contribution in [2.24, 2.45) is 5.92 Å². The van der Waals surface area contributed by atoms with E-state index in [0.29, 0.717) is 31.8 Å². The number of nitrogens with one attached hydrogen (secondary N) is 1. The van der Waals surface area contributed by atoms with Crippen molar-refractivity contribution < 1.29 is 14.7 Å². The zero-order valence-corrected chi connectivity index (χ0v) is 12.5. The number of hydrogen-bond acceptors (Lipinski definition) is 2. The molecule has 5 heteroatoms. The minimum Gasteiger partial charge on any atom is -0.481 e. The Hall–Kier alpha value is -2.04. The fraction of sp³-hybridized carbons (Fsp3) is 0.500. The summed E-state index contributed by atoms with van der Waals surface area (Å²) in [6, 6.07) is 7.63. The van der Waals surface area contributed by atoms with Crippen LogP contribution in [-0.2, 0) is 4.79 Å². The maximum atomic E-state index is 12.3. The highest BCUT2D eigenvalue weighted by atomic mass is 16.4. The second-order valence-corrected chi connectivity index (χ2v) is 5.77. The van der Waals surface area contributed by atoms with Gasteiger partial charge in [-0.3, -0.25) is 4.79 Å².